The lowest BCUT2D eigenvalue weighted by Gasteiger charge is -2.64. The average Bonchev–Trinajstić information content (AvgIpc) is 2.69. The first-order chi connectivity index (χ1) is 14.6. The molecule has 3 fully saturated rings. The van der Waals surface area contributed by atoms with E-state index >= 15 is 4.39 Å². The van der Waals surface area contributed by atoms with Crippen molar-refractivity contribution >= 4 is 19.4 Å². The number of phosphoric ester groups is 1. The Morgan fingerprint density at radius 1 is 1.25 bits per heavy atom. The molecule has 0 amide bonds. The molecule has 0 heterocycles. The largest absolute Gasteiger partial charge is 0.469 e. The van der Waals surface area contributed by atoms with Gasteiger partial charge in [-0.15, -0.1) is 0 Å². The Morgan fingerprint density at radius 2 is 1.91 bits per heavy atom. The number of alkyl halides is 1. The maximum atomic E-state index is 17.0. The zero-order valence-electron chi connectivity index (χ0n) is 18.3. The van der Waals surface area contributed by atoms with Crippen LogP contribution in [0.3, 0.4) is 0 Å². The first-order valence-electron chi connectivity index (χ1n) is 10.9. The van der Waals surface area contributed by atoms with Crippen LogP contribution in [-0.4, -0.2) is 55.5 Å². The summed E-state index contributed by atoms with van der Waals surface area (Å²) >= 11 is 0. The first-order valence-corrected chi connectivity index (χ1v) is 12.4. The van der Waals surface area contributed by atoms with Crippen molar-refractivity contribution < 1.29 is 43.1 Å². The second-order valence-corrected chi connectivity index (χ2v) is 11.7. The van der Waals surface area contributed by atoms with Crippen molar-refractivity contribution in [2.45, 2.75) is 63.8 Å². The minimum atomic E-state index is -4.93. The van der Waals surface area contributed by atoms with Gasteiger partial charge in [0.2, 0.25) is 0 Å². The van der Waals surface area contributed by atoms with Crippen LogP contribution in [0.1, 0.15) is 46.5 Å². The number of halogens is 1. The molecule has 4 rings (SSSR count). The summed E-state index contributed by atoms with van der Waals surface area (Å²) in [6.45, 7) is 3.97. The summed E-state index contributed by atoms with van der Waals surface area (Å²) in [5.41, 5.74) is -6.12. The van der Waals surface area contributed by atoms with Crippen LogP contribution in [0.15, 0.2) is 23.8 Å². The molecule has 0 aromatic heterocycles. The molecule has 0 radical (unpaired) electrons. The molecule has 4 N–H and O–H groups in total. The highest BCUT2D eigenvalue weighted by atomic mass is 31.2. The summed E-state index contributed by atoms with van der Waals surface area (Å²) in [6, 6.07) is 0. The third-order valence-electron chi connectivity index (χ3n) is 8.82. The lowest BCUT2D eigenvalue weighted by molar-refractivity contribution is -0.225. The van der Waals surface area contributed by atoms with Crippen molar-refractivity contribution in [2.24, 2.45) is 28.6 Å². The Balaban J connectivity index is 1.74. The van der Waals surface area contributed by atoms with Crippen LogP contribution in [0.2, 0.25) is 0 Å². The predicted molar refractivity (Wildman–Crippen MR) is 111 cm³/mol. The quantitative estimate of drug-likeness (QED) is 0.457. The van der Waals surface area contributed by atoms with Crippen LogP contribution in [0, 0.1) is 28.6 Å². The number of aliphatic hydroxyl groups excluding tert-OH is 1. The third-order valence-corrected chi connectivity index (χ3v) is 9.28. The van der Waals surface area contributed by atoms with Crippen molar-refractivity contribution in [3.63, 3.8) is 0 Å². The van der Waals surface area contributed by atoms with Gasteiger partial charge in [-0.2, -0.15) is 0 Å². The van der Waals surface area contributed by atoms with E-state index in [1.807, 2.05) is 0 Å². The van der Waals surface area contributed by atoms with Gasteiger partial charge in [-0.05, 0) is 56.6 Å². The number of ketones is 2. The van der Waals surface area contributed by atoms with Crippen LogP contribution in [0.5, 0.6) is 0 Å². The number of allylic oxidation sites excluding steroid dienone is 4. The van der Waals surface area contributed by atoms with Gasteiger partial charge in [-0.1, -0.05) is 25.5 Å². The molecular weight excluding hydrogens is 442 g/mol. The standard InChI is InChI=1S/C22H30FO8P/c1-12-8-16-15-5-4-13-9-14(24)6-7-20(13,3)22(15,23)17(25)10-19(16,2)18(26)21(12,27)11-31-32(28,29)30/h6-7,9,12,15-17,25,27H,4-5,8,10-11H2,1-3H3,(H2,28,29,30)/t12-,15?,16?,17-,19-,20-,21?,22-/m0/s1. The molecule has 0 aromatic carbocycles. The Bertz CT molecular complexity index is 973. The summed E-state index contributed by atoms with van der Waals surface area (Å²) in [4.78, 5) is 43.6. The molecule has 0 bridgehead atoms. The summed E-state index contributed by atoms with van der Waals surface area (Å²) in [5, 5.41) is 22.3. The number of aliphatic hydroxyl groups is 2. The van der Waals surface area contributed by atoms with E-state index in [1.165, 1.54) is 18.2 Å². The summed E-state index contributed by atoms with van der Waals surface area (Å²) in [7, 11) is -4.93. The van der Waals surface area contributed by atoms with Gasteiger partial charge < -0.3 is 20.0 Å². The minimum Gasteiger partial charge on any atom is -0.390 e. The van der Waals surface area contributed by atoms with Crippen molar-refractivity contribution in [1.29, 1.82) is 0 Å². The molecule has 0 spiro atoms. The topological polar surface area (TPSA) is 141 Å². The van der Waals surface area contributed by atoms with E-state index in [-0.39, 0.29) is 18.6 Å². The number of carbonyl (C=O) groups is 2. The molecule has 3 saturated carbocycles. The number of phosphoric acid groups is 1. The van der Waals surface area contributed by atoms with Crippen molar-refractivity contribution in [2.75, 3.05) is 6.61 Å². The molecule has 3 unspecified atom stereocenters. The molecule has 32 heavy (non-hydrogen) atoms. The second kappa shape index (κ2) is 7.14. The van der Waals surface area contributed by atoms with Gasteiger partial charge in [0, 0.05) is 16.7 Å². The number of hydrogen-bond acceptors (Lipinski definition) is 6. The van der Waals surface area contributed by atoms with Crippen molar-refractivity contribution in [3.05, 3.63) is 23.8 Å². The van der Waals surface area contributed by atoms with Crippen molar-refractivity contribution in [3.8, 4) is 0 Å². The van der Waals surface area contributed by atoms with E-state index in [1.54, 1.807) is 20.8 Å². The van der Waals surface area contributed by atoms with E-state index in [0.717, 1.165) is 0 Å². The Hall–Kier alpha value is -1.22. The zero-order chi connectivity index (χ0) is 23.9. The average molecular weight is 472 g/mol. The molecule has 8 atom stereocenters. The van der Waals surface area contributed by atoms with Crippen molar-refractivity contribution in [1.82, 2.24) is 0 Å². The lowest BCUT2D eigenvalue weighted by Crippen LogP contribution is -2.72. The van der Waals surface area contributed by atoms with E-state index < -0.39 is 66.2 Å². The molecule has 10 heteroatoms. The number of Topliss-reactive ketones (excluding diaryl/α,β-unsaturated/α-hetero) is 1. The molecule has 0 aliphatic heterocycles. The second-order valence-electron chi connectivity index (χ2n) is 10.4. The molecule has 8 nitrogen and oxygen atoms in total. The van der Waals surface area contributed by atoms with Crippen LogP contribution in [-0.2, 0) is 18.7 Å². The molecule has 4 aliphatic carbocycles. The molecule has 0 aromatic rings. The maximum absolute atomic E-state index is 17.0. The number of carbonyl (C=O) groups excluding carboxylic acids is 2. The molecular formula is C22H30FO8P. The van der Waals surface area contributed by atoms with Crippen LogP contribution in [0.25, 0.3) is 0 Å². The first kappa shape index (κ1) is 23.9. The summed E-state index contributed by atoms with van der Waals surface area (Å²) in [5.74, 6) is -2.85. The number of hydrogen-bond donors (Lipinski definition) is 4. The zero-order valence-corrected chi connectivity index (χ0v) is 19.2. The number of fused-ring (bicyclic) bond motifs is 5. The molecule has 4 aliphatic rings. The third kappa shape index (κ3) is 3.09. The Kier molecular flexibility index (Phi) is 5.34. The fraction of sp³-hybridized carbons (Fsp3) is 0.727. The minimum absolute atomic E-state index is 0.216. The Labute approximate surface area is 185 Å². The fourth-order valence-corrected chi connectivity index (χ4v) is 7.31. The maximum Gasteiger partial charge on any atom is 0.469 e. The van der Waals surface area contributed by atoms with Gasteiger partial charge in [0.15, 0.2) is 17.2 Å². The van der Waals surface area contributed by atoms with E-state index in [2.05, 4.69) is 4.52 Å². The van der Waals surface area contributed by atoms with Gasteiger partial charge in [-0.3, -0.25) is 14.1 Å². The highest BCUT2D eigenvalue weighted by Crippen LogP contribution is 2.67. The van der Waals surface area contributed by atoms with Gasteiger partial charge >= 0.3 is 7.82 Å². The summed E-state index contributed by atoms with van der Waals surface area (Å²) in [6.07, 6.45) is 3.52. The van der Waals surface area contributed by atoms with Gasteiger partial charge in [-0.25, -0.2) is 8.96 Å². The van der Waals surface area contributed by atoms with E-state index in [4.69, 9.17) is 9.79 Å². The normalized spacial score (nSPS) is 48.6. The molecule has 178 valence electrons. The highest BCUT2D eigenvalue weighted by molar-refractivity contribution is 7.46. The van der Waals surface area contributed by atoms with Crippen LogP contribution < -0.4 is 0 Å². The monoisotopic (exact) mass is 472 g/mol. The Morgan fingerprint density at radius 3 is 2.53 bits per heavy atom. The van der Waals surface area contributed by atoms with E-state index in [9.17, 15) is 24.4 Å². The van der Waals surface area contributed by atoms with Gasteiger partial charge in [0.25, 0.3) is 0 Å². The number of rotatable bonds is 3. The smallest absolute Gasteiger partial charge is 0.390 e. The van der Waals surface area contributed by atoms with Crippen LogP contribution in [0.4, 0.5) is 4.39 Å². The predicted octanol–water partition coefficient (Wildman–Crippen LogP) is 2.01. The fourth-order valence-electron chi connectivity index (χ4n) is 6.94. The highest BCUT2D eigenvalue weighted by Gasteiger charge is 2.72. The van der Waals surface area contributed by atoms with Gasteiger partial charge in [0.1, 0.15) is 5.60 Å². The lowest BCUT2D eigenvalue weighted by atomic mass is 9.41. The van der Waals surface area contributed by atoms with Crippen LogP contribution >= 0.6 is 7.82 Å². The van der Waals surface area contributed by atoms with E-state index in [0.29, 0.717) is 18.4 Å². The van der Waals surface area contributed by atoms with Gasteiger partial charge in [0.05, 0.1) is 12.7 Å². The molecule has 0 saturated heterocycles. The SMILES string of the molecule is C[C@H]1CC2C3CCC4=CC(=O)C=C[C@]4(C)[C@@]3(F)[C@@H](O)C[C@]2(C)C(=O)C1(O)COP(=O)(O)O. The summed E-state index contributed by atoms with van der Waals surface area (Å²) < 4.78 is 32.7.